The van der Waals surface area contributed by atoms with Crippen molar-refractivity contribution in [3.8, 4) is 0 Å². The lowest BCUT2D eigenvalue weighted by molar-refractivity contribution is 0.0502. The van der Waals surface area contributed by atoms with Gasteiger partial charge in [-0.05, 0) is 48.2 Å². The molecule has 1 aromatic carbocycles. The van der Waals surface area contributed by atoms with Crippen LogP contribution in [0.1, 0.15) is 57.0 Å². The quantitative estimate of drug-likeness (QED) is 0.646. The van der Waals surface area contributed by atoms with Crippen molar-refractivity contribution in [3.63, 3.8) is 0 Å². The van der Waals surface area contributed by atoms with Crippen LogP contribution in [0.2, 0.25) is 0 Å². The van der Waals surface area contributed by atoms with Crippen molar-refractivity contribution in [1.29, 1.82) is 0 Å². The summed E-state index contributed by atoms with van der Waals surface area (Å²) in [5.74, 6) is 0.661. The lowest BCUT2D eigenvalue weighted by atomic mass is 10.0. The molecule has 0 amide bonds. The number of tetrazole rings is 1. The summed E-state index contributed by atoms with van der Waals surface area (Å²) in [4.78, 5) is 5.36. The average molecular weight is 447 g/mol. The highest BCUT2D eigenvalue weighted by Crippen LogP contribution is 2.30. The Kier molecular flexibility index (Phi) is 6.74. The summed E-state index contributed by atoms with van der Waals surface area (Å²) in [6.07, 6.45) is 5.35. The first-order valence-corrected chi connectivity index (χ1v) is 13.0. The Morgan fingerprint density at radius 3 is 2.29 bits per heavy atom. The Morgan fingerprint density at radius 1 is 1.03 bits per heavy atom. The van der Waals surface area contributed by atoms with Crippen LogP contribution < -0.4 is 0 Å². The summed E-state index contributed by atoms with van der Waals surface area (Å²) in [5.41, 5.74) is 1.03. The molecule has 2 heterocycles. The monoisotopic (exact) mass is 446 g/mol. The zero-order valence-electron chi connectivity index (χ0n) is 18.8. The molecule has 8 nitrogen and oxygen atoms in total. The molecule has 0 radical (unpaired) electrons. The van der Waals surface area contributed by atoms with Crippen molar-refractivity contribution in [3.05, 3.63) is 35.7 Å². The Balaban J connectivity index is 1.50. The van der Waals surface area contributed by atoms with Gasteiger partial charge in [-0.25, -0.2) is 13.1 Å². The number of aromatic nitrogens is 4. The van der Waals surface area contributed by atoms with Crippen LogP contribution in [0, 0.1) is 12.8 Å². The van der Waals surface area contributed by atoms with Crippen LogP contribution in [0.3, 0.4) is 0 Å². The molecule has 0 unspecified atom stereocenters. The third kappa shape index (κ3) is 4.99. The van der Waals surface area contributed by atoms with Gasteiger partial charge >= 0.3 is 0 Å². The van der Waals surface area contributed by atoms with E-state index < -0.39 is 9.84 Å². The van der Waals surface area contributed by atoms with E-state index in [2.05, 4.69) is 39.2 Å². The smallest absolute Gasteiger partial charge is 0.198 e. The summed E-state index contributed by atoms with van der Waals surface area (Å²) < 4.78 is 27.4. The largest absolute Gasteiger partial charge is 0.298 e. The Hall–Kier alpha value is -1.84. The minimum atomic E-state index is -3.54. The number of hydrogen-bond donors (Lipinski definition) is 0. The maximum Gasteiger partial charge on any atom is 0.198 e. The summed E-state index contributed by atoms with van der Waals surface area (Å²) in [7, 11) is -3.54. The molecule has 170 valence electrons. The van der Waals surface area contributed by atoms with E-state index in [1.54, 1.807) is 12.1 Å². The van der Waals surface area contributed by atoms with Crippen LogP contribution in [0.15, 0.2) is 29.2 Å². The Morgan fingerprint density at radius 2 is 1.68 bits per heavy atom. The van der Waals surface area contributed by atoms with Gasteiger partial charge < -0.3 is 0 Å². The third-order valence-corrected chi connectivity index (χ3v) is 8.29. The van der Waals surface area contributed by atoms with Gasteiger partial charge in [0.25, 0.3) is 0 Å². The van der Waals surface area contributed by atoms with Crippen LogP contribution in [0.25, 0.3) is 0 Å². The number of piperazine rings is 1. The van der Waals surface area contributed by atoms with Crippen molar-refractivity contribution in [1.82, 2.24) is 30.0 Å². The van der Waals surface area contributed by atoms with Gasteiger partial charge in [-0.2, -0.15) is 0 Å². The second-order valence-electron chi connectivity index (χ2n) is 9.29. The molecule has 2 fully saturated rings. The molecule has 0 bridgehead atoms. The normalized spacial score (nSPS) is 20.5. The molecule has 0 spiro atoms. The number of nitrogens with zero attached hydrogens (tertiary/aromatic N) is 6. The van der Waals surface area contributed by atoms with Gasteiger partial charge in [0, 0.05) is 32.2 Å². The predicted molar refractivity (Wildman–Crippen MR) is 119 cm³/mol. The van der Waals surface area contributed by atoms with E-state index in [0.717, 1.165) is 37.8 Å². The van der Waals surface area contributed by atoms with Crippen LogP contribution in [-0.2, 0) is 15.7 Å². The highest BCUT2D eigenvalue weighted by Gasteiger charge is 2.34. The molecule has 4 rings (SSSR count). The second-order valence-corrected chi connectivity index (χ2v) is 11.3. The van der Waals surface area contributed by atoms with E-state index in [0.29, 0.717) is 10.7 Å². The standard InChI is InChI=1S/C22H34N6O2S/c1-17(2)21(27-14-12-26(13-15-27)19-6-4-5-7-19)22-23-24-25-28(22)16-31(29,30)20-10-8-18(3)9-11-20/h8-11,17,19,21H,4-7,12-16H2,1-3H3/t21-/m1/s1. The average Bonchev–Trinajstić information content (AvgIpc) is 3.42. The number of rotatable bonds is 7. The summed E-state index contributed by atoms with van der Waals surface area (Å²) in [6.45, 7) is 10.3. The minimum Gasteiger partial charge on any atom is -0.298 e. The first-order chi connectivity index (χ1) is 14.8. The molecule has 1 aliphatic carbocycles. The zero-order valence-corrected chi connectivity index (χ0v) is 19.6. The van der Waals surface area contributed by atoms with Gasteiger partial charge in [-0.15, -0.1) is 5.10 Å². The molecule has 2 aliphatic rings. The summed E-state index contributed by atoms with van der Waals surface area (Å²) in [6, 6.07) is 7.66. The lowest BCUT2D eigenvalue weighted by Gasteiger charge is -2.42. The maximum absolute atomic E-state index is 13.0. The number of sulfone groups is 1. The molecule has 2 aromatic rings. The van der Waals surface area contributed by atoms with Crippen molar-refractivity contribution < 1.29 is 8.42 Å². The molecular formula is C22H34N6O2S. The third-order valence-electron chi connectivity index (χ3n) is 6.71. The van der Waals surface area contributed by atoms with Gasteiger partial charge in [-0.3, -0.25) is 9.80 Å². The van der Waals surface area contributed by atoms with Crippen molar-refractivity contribution >= 4 is 9.84 Å². The van der Waals surface area contributed by atoms with Crippen molar-refractivity contribution in [2.75, 3.05) is 26.2 Å². The topological polar surface area (TPSA) is 84.2 Å². The van der Waals surface area contributed by atoms with Gasteiger partial charge in [0.2, 0.25) is 0 Å². The number of benzene rings is 1. The number of aryl methyl sites for hydroxylation is 1. The zero-order chi connectivity index (χ0) is 22.0. The molecule has 1 aromatic heterocycles. The van der Waals surface area contributed by atoms with E-state index in [1.807, 2.05) is 19.1 Å². The molecule has 0 N–H and O–H groups in total. The summed E-state index contributed by atoms with van der Waals surface area (Å²) >= 11 is 0. The number of hydrogen-bond acceptors (Lipinski definition) is 7. The molecule has 31 heavy (non-hydrogen) atoms. The van der Waals surface area contributed by atoms with E-state index in [1.165, 1.54) is 30.4 Å². The second kappa shape index (κ2) is 9.34. The molecule has 1 saturated carbocycles. The van der Waals surface area contributed by atoms with Crippen molar-refractivity contribution in [2.24, 2.45) is 5.92 Å². The predicted octanol–water partition coefficient (Wildman–Crippen LogP) is 2.67. The van der Waals surface area contributed by atoms with Crippen molar-refractivity contribution in [2.45, 2.75) is 69.3 Å². The maximum atomic E-state index is 13.0. The summed E-state index contributed by atoms with van der Waals surface area (Å²) in [5, 5.41) is 12.2. The van der Waals surface area contributed by atoms with E-state index in [9.17, 15) is 8.42 Å². The van der Waals surface area contributed by atoms with Gasteiger partial charge in [0.1, 0.15) is 0 Å². The van der Waals surface area contributed by atoms with Crippen LogP contribution in [0.5, 0.6) is 0 Å². The van der Waals surface area contributed by atoms with E-state index in [4.69, 9.17) is 0 Å². The first-order valence-electron chi connectivity index (χ1n) is 11.4. The molecule has 1 aliphatic heterocycles. The highest BCUT2D eigenvalue weighted by molar-refractivity contribution is 7.90. The van der Waals surface area contributed by atoms with Gasteiger partial charge in [0.05, 0.1) is 10.9 Å². The Labute approximate surface area is 185 Å². The van der Waals surface area contributed by atoms with E-state index >= 15 is 0 Å². The molecular weight excluding hydrogens is 412 g/mol. The lowest BCUT2D eigenvalue weighted by Crippen LogP contribution is -2.51. The molecule has 9 heteroatoms. The molecule has 1 atom stereocenters. The van der Waals surface area contributed by atoms with Gasteiger partial charge in [0.15, 0.2) is 21.5 Å². The fourth-order valence-corrected chi connectivity index (χ4v) is 6.24. The van der Waals surface area contributed by atoms with E-state index in [-0.39, 0.29) is 17.8 Å². The fraction of sp³-hybridized carbons (Fsp3) is 0.682. The minimum absolute atomic E-state index is 0.00561. The van der Waals surface area contributed by atoms with Gasteiger partial charge in [-0.1, -0.05) is 44.4 Å². The molecule has 1 saturated heterocycles. The van der Waals surface area contributed by atoms with Crippen LogP contribution in [-0.4, -0.2) is 70.6 Å². The SMILES string of the molecule is Cc1ccc(S(=O)(=O)Cn2nnnc2[C@@H](C(C)C)N2CCN(C3CCCC3)CC2)cc1. The highest BCUT2D eigenvalue weighted by atomic mass is 32.2. The first kappa shape index (κ1) is 22.4. The van der Waals surface area contributed by atoms with Crippen LogP contribution in [0.4, 0.5) is 0 Å². The fourth-order valence-electron chi connectivity index (χ4n) is 5.03. The van der Waals surface area contributed by atoms with Crippen LogP contribution >= 0.6 is 0 Å². The Bertz CT molecular complexity index is 958.